The Kier molecular flexibility index (Phi) is 5.46. The van der Waals surface area contributed by atoms with Crippen molar-refractivity contribution in [3.8, 4) is 6.07 Å². The quantitative estimate of drug-likeness (QED) is 0.308. The molecule has 0 bridgehead atoms. The zero-order valence-corrected chi connectivity index (χ0v) is 7.49. The lowest BCUT2D eigenvalue weighted by molar-refractivity contribution is -0.143. The van der Waals surface area contributed by atoms with Crippen LogP contribution in [0.25, 0.3) is 0 Å². The maximum Gasteiger partial charge on any atom is 0.325 e. The minimum absolute atomic E-state index is 0.259. The highest BCUT2D eigenvalue weighted by Gasteiger charge is 2.13. The SMILES string of the molecule is COC(=O)CNC(=O)C(=O)NCC#N. The Balaban J connectivity index is 3.80. The number of nitrogens with one attached hydrogen (secondary N) is 2. The van der Waals surface area contributed by atoms with Crippen LogP contribution < -0.4 is 10.6 Å². The van der Waals surface area contributed by atoms with Crippen LogP contribution in [0.5, 0.6) is 0 Å². The summed E-state index contributed by atoms with van der Waals surface area (Å²) in [6, 6.07) is 1.63. The Morgan fingerprint density at radius 1 is 1.29 bits per heavy atom. The molecule has 0 fully saturated rings. The largest absolute Gasteiger partial charge is 0.468 e. The van der Waals surface area contributed by atoms with Crippen LogP contribution in [-0.2, 0) is 19.1 Å². The smallest absolute Gasteiger partial charge is 0.325 e. The number of methoxy groups -OCH3 is 1. The number of esters is 1. The van der Waals surface area contributed by atoms with Gasteiger partial charge in [-0.15, -0.1) is 0 Å². The highest BCUT2D eigenvalue weighted by molar-refractivity contribution is 6.35. The van der Waals surface area contributed by atoms with E-state index >= 15 is 0 Å². The van der Waals surface area contributed by atoms with Gasteiger partial charge >= 0.3 is 17.8 Å². The van der Waals surface area contributed by atoms with Gasteiger partial charge in [0.25, 0.3) is 0 Å². The van der Waals surface area contributed by atoms with E-state index in [9.17, 15) is 14.4 Å². The second kappa shape index (κ2) is 6.42. The van der Waals surface area contributed by atoms with E-state index in [1.165, 1.54) is 0 Å². The third kappa shape index (κ3) is 4.71. The molecule has 0 aliphatic rings. The normalized spacial score (nSPS) is 8.29. The van der Waals surface area contributed by atoms with Crippen molar-refractivity contribution >= 4 is 17.8 Å². The molecule has 7 heteroatoms. The first-order chi connectivity index (χ1) is 6.61. The van der Waals surface area contributed by atoms with Gasteiger partial charge in [0.15, 0.2) is 0 Å². The third-order valence-corrected chi connectivity index (χ3v) is 1.16. The summed E-state index contributed by atoms with van der Waals surface area (Å²) >= 11 is 0. The van der Waals surface area contributed by atoms with Crippen LogP contribution >= 0.6 is 0 Å². The highest BCUT2D eigenvalue weighted by Crippen LogP contribution is 1.72. The van der Waals surface area contributed by atoms with Gasteiger partial charge in [-0.3, -0.25) is 14.4 Å². The number of rotatable bonds is 3. The van der Waals surface area contributed by atoms with Crippen molar-refractivity contribution in [2.24, 2.45) is 0 Å². The fourth-order valence-electron chi connectivity index (χ4n) is 0.505. The molecular formula is C7H9N3O4. The Morgan fingerprint density at radius 2 is 1.86 bits per heavy atom. The Hall–Kier alpha value is -2.10. The number of hydrogen-bond acceptors (Lipinski definition) is 5. The van der Waals surface area contributed by atoms with E-state index in [1.54, 1.807) is 6.07 Å². The van der Waals surface area contributed by atoms with Gasteiger partial charge in [0.05, 0.1) is 13.2 Å². The van der Waals surface area contributed by atoms with Crippen molar-refractivity contribution in [2.45, 2.75) is 0 Å². The molecule has 0 aliphatic heterocycles. The Bertz CT molecular complexity index is 281. The predicted molar refractivity (Wildman–Crippen MR) is 43.6 cm³/mol. The molecule has 76 valence electrons. The zero-order valence-electron chi connectivity index (χ0n) is 7.49. The van der Waals surface area contributed by atoms with E-state index in [0.717, 1.165) is 7.11 Å². The van der Waals surface area contributed by atoms with E-state index in [2.05, 4.69) is 4.74 Å². The van der Waals surface area contributed by atoms with Gasteiger partial charge in [0.1, 0.15) is 13.1 Å². The van der Waals surface area contributed by atoms with Crippen molar-refractivity contribution in [1.29, 1.82) is 5.26 Å². The van der Waals surface area contributed by atoms with Crippen molar-refractivity contribution in [2.75, 3.05) is 20.2 Å². The topological polar surface area (TPSA) is 108 Å². The number of amides is 2. The predicted octanol–water partition coefficient (Wildman–Crippen LogP) is -2.08. The molecule has 0 radical (unpaired) electrons. The van der Waals surface area contributed by atoms with E-state index in [4.69, 9.17) is 5.26 Å². The van der Waals surface area contributed by atoms with Gasteiger partial charge in [-0.25, -0.2) is 0 Å². The maximum atomic E-state index is 10.8. The molecule has 2 amide bonds. The Labute approximate surface area is 80.0 Å². The number of nitriles is 1. The molecule has 2 N–H and O–H groups in total. The lowest BCUT2D eigenvalue weighted by Crippen LogP contribution is -2.42. The molecule has 0 rings (SSSR count). The average Bonchev–Trinajstić information content (AvgIpc) is 2.21. The van der Waals surface area contributed by atoms with Gasteiger partial charge in [0, 0.05) is 0 Å². The van der Waals surface area contributed by atoms with Crippen LogP contribution in [0.2, 0.25) is 0 Å². The first-order valence-corrected chi connectivity index (χ1v) is 3.61. The summed E-state index contributed by atoms with van der Waals surface area (Å²) in [6.07, 6.45) is 0. The monoisotopic (exact) mass is 199 g/mol. The van der Waals surface area contributed by atoms with Crippen LogP contribution in [0.3, 0.4) is 0 Å². The van der Waals surface area contributed by atoms with Crippen molar-refractivity contribution in [3.63, 3.8) is 0 Å². The molecule has 0 aromatic carbocycles. The van der Waals surface area contributed by atoms with Crippen molar-refractivity contribution < 1.29 is 19.1 Å². The molecule has 0 aromatic rings. The van der Waals surface area contributed by atoms with Crippen LogP contribution in [0.4, 0.5) is 0 Å². The fourth-order valence-corrected chi connectivity index (χ4v) is 0.505. The molecule has 0 spiro atoms. The Morgan fingerprint density at radius 3 is 2.36 bits per heavy atom. The van der Waals surface area contributed by atoms with E-state index in [1.807, 2.05) is 10.6 Å². The van der Waals surface area contributed by atoms with Crippen LogP contribution in [0.15, 0.2) is 0 Å². The molecule has 0 saturated heterocycles. The summed E-state index contributed by atoms with van der Waals surface area (Å²) in [4.78, 5) is 32.1. The molecule has 0 atom stereocenters. The first kappa shape index (κ1) is 11.9. The number of carbonyl (C=O) groups excluding carboxylic acids is 3. The van der Waals surface area contributed by atoms with Crippen LogP contribution in [0.1, 0.15) is 0 Å². The van der Waals surface area contributed by atoms with Gasteiger partial charge in [-0.1, -0.05) is 0 Å². The minimum atomic E-state index is -0.981. The molecule has 0 saturated carbocycles. The van der Waals surface area contributed by atoms with E-state index in [0.29, 0.717) is 0 Å². The number of ether oxygens (including phenoxy) is 1. The van der Waals surface area contributed by atoms with Gasteiger partial charge < -0.3 is 15.4 Å². The molecule has 14 heavy (non-hydrogen) atoms. The van der Waals surface area contributed by atoms with Crippen molar-refractivity contribution in [1.82, 2.24) is 10.6 Å². The molecule has 0 aliphatic carbocycles. The molecule has 0 unspecified atom stereocenters. The minimum Gasteiger partial charge on any atom is -0.468 e. The zero-order chi connectivity index (χ0) is 11.0. The second-order valence-corrected chi connectivity index (χ2v) is 2.10. The van der Waals surface area contributed by atoms with Crippen LogP contribution in [-0.4, -0.2) is 38.0 Å². The summed E-state index contributed by atoms with van der Waals surface area (Å²) < 4.78 is 4.22. The standard InChI is InChI=1S/C7H9N3O4/c1-14-5(11)4-10-7(13)6(12)9-3-2-8/h3-4H2,1H3,(H,9,12)(H,10,13). The summed E-state index contributed by atoms with van der Waals surface area (Å²) in [5, 5.41) is 12.1. The van der Waals surface area contributed by atoms with Crippen LogP contribution in [0, 0.1) is 11.3 Å². The average molecular weight is 199 g/mol. The summed E-state index contributed by atoms with van der Waals surface area (Å²) in [6.45, 7) is -0.639. The van der Waals surface area contributed by atoms with Gasteiger partial charge in [-0.2, -0.15) is 5.26 Å². The van der Waals surface area contributed by atoms with Crippen molar-refractivity contribution in [3.05, 3.63) is 0 Å². The van der Waals surface area contributed by atoms with Gasteiger partial charge in [-0.05, 0) is 0 Å². The highest BCUT2D eigenvalue weighted by atomic mass is 16.5. The summed E-state index contributed by atoms with van der Waals surface area (Å²) in [7, 11) is 1.16. The molecular weight excluding hydrogens is 190 g/mol. The summed E-state index contributed by atoms with van der Waals surface area (Å²) in [5.74, 6) is -2.60. The summed E-state index contributed by atoms with van der Waals surface area (Å²) in [5.41, 5.74) is 0. The first-order valence-electron chi connectivity index (χ1n) is 3.61. The number of carbonyl (C=O) groups is 3. The lowest BCUT2D eigenvalue weighted by atomic mass is 10.5. The second-order valence-electron chi connectivity index (χ2n) is 2.10. The van der Waals surface area contributed by atoms with E-state index in [-0.39, 0.29) is 13.1 Å². The maximum absolute atomic E-state index is 10.8. The number of nitrogens with zero attached hydrogens (tertiary/aromatic N) is 1. The van der Waals surface area contributed by atoms with E-state index < -0.39 is 17.8 Å². The fraction of sp³-hybridized carbons (Fsp3) is 0.429. The lowest BCUT2D eigenvalue weighted by Gasteiger charge is -2.02. The third-order valence-electron chi connectivity index (χ3n) is 1.16. The van der Waals surface area contributed by atoms with Gasteiger partial charge in [0.2, 0.25) is 0 Å². The molecule has 7 nitrogen and oxygen atoms in total. The molecule has 0 aromatic heterocycles. The molecule has 0 heterocycles. The number of hydrogen-bond donors (Lipinski definition) is 2.